The molecule has 0 aromatic carbocycles. The van der Waals surface area contributed by atoms with Gasteiger partial charge >= 0.3 is 0 Å². The Morgan fingerprint density at radius 1 is 1.45 bits per heavy atom. The van der Waals surface area contributed by atoms with E-state index in [9.17, 15) is 13.2 Å². The number of hydrogen-bond acceptors (Lipinski definition) is 4. The van der Waals surface area contributed by atoms with E-state index in [-0.39, 0.29) is 16.5 Å². The molecule has 0 fully saturated rings. The summed E-state index contributed by atoms with van der Waals surface area (Å²) in [6, 6.07) is 2.92. The van der Waals surface area contributed by atoms with Gasteiger partial charge in [-0.25, -0.2) is 13.1 Å². The third-order valence-corrected chi connectivity index (χ3v) is 4.28. The quantitative estimate of drug-likeness (QED) is 0.762. The molecule has 2 N–H and O–H groups in total. The van der Waals surface area contributed by atoms with Crippen molar-refractivity contribution in [3.8, 4) is 0 Å². The lowest BCUT2D eigenvalue weighted by atomic mass is 10.4. The maximum absolute atomic E-state index is 11.9. The van der Waals surface area contributed by atoms with Crippen LogP contribution in [-0.2, 0) is 16.6 Å². The molecule has 0 saturated heterocycles. The van der Waals surface area contributed by atoms with Crippen molar-refractivity contribution < 1.29 is 8.42 Å². The molecule has 7 nitrogen and oxygen atoms in total. The fourth-order valence-corrected chi connectivity index (χ4v) is 2.86. The van der Waals surface area contributed by atoms with Gasteiger partial charge in [0, 0.05) is 31.7 Å². The van der Waals surface area contributed by atoms with Crippen molar-refractivity contribution in [2.24, 2.45) is 0 Å². The van der Waals surface area contributed by atoms with Crippen LogP contribution in [0.2, 0.25) is 5.02 Å². The first-order chi connectivity index (χ1) is 9.49. The van der Waals surface area contributed by atoms with Crippen molar-refractivity contribution in [2.45, 2.75) is 17.9 Å². The number of aromatic amines is 1. The number of aromatic nitrogens is 3. The number of rotatable bonds is 6. The summed E-state index contributed by atoms with van der Waals surface area (Å²) < 4.78 is 28.0. The standard InChI is InChI=1S/C11H13ClN4O3S/c12-10-7-9(8-13-11(10)17)20(18,19)15-4-2-6-16-5-1-3-14-16/h1,3,5,7-8,15H,2,4,6H2,(H,13,17). The second-order valence-electron chi connectivity index (χ2n) is 4.03. The first-order valence-corrected chi connectivity index (χ1v) is 7.70. The highest BCUT2D eigenvalue weighted by molar-refractivity contribution is 7.89. The molecule has 0 spiro atoms. The Balaban J connectivity index is 1.93. The predicted octanol–water partition coefficient (Wildman–Crippen LogP) is 0.593. The third-order valence-electron chi connectivity index (χ3n) is 2.56. The number of sulfonamides is 1. The van der Waals surface area contributed by atoms with Gasteiger partial charge in [0.1, 0.15) is 5.02 Å². The molecule has 0 bridgehead atoms. The van der Waals surface area contributed by atoms with Crippen LogP contribution < -0.4 is 10.3 Å². The molecule has 2 heterocycles. The summed E-state index contributed by atoms with van der Waals surface area (Å²) >= 11 is 5.60. The van der Waals surface area contributed by atoms with Crippen LogP contribution in [0.5, 0.6) is 0 Å². The predicted molar refractivity (Wildman–Crippen MR) is 74.1 cm³/mol. The Kier molecular flexibility index (Phi) is 4.58. The lowest BCUT2D eigenvalue weighted by molar-refractivity contribution is 0.552. The molecule has 0 saturated carbocycles. The molecule has 0 unspecified atom stereocenters. The first-order valence-electron chi connectivity index (χ1n) is 5.84. The number of halogens is 1. The highest BCUT2D eigenvalue weighted by Gasteiger charge is 2.14. The van der Waals surface area contributed by atoms with E-state index in [1.54, 1.807) is 23.1 Å². The highest BCUT2D eigenvalue weighted by Crippen LogP contribution is 2.10. The van der Waals surface area contributed by atoms with Gasteiger partial charge in [-0.1, -0.05) is 11.6 Å². The summed E-state index contributed by atoms with van der Waals surface area (Å²) in [5.41, 5.74) is -0.524. The van der Waals surface area contributed by atoms with Crippen LogP contribution in [0.3, 0.4) is 0 Å². The minimum Gasteiger partial charge on any atom is -0.326 e. The third kappa shape index (κ3) is 3.69. The molecular formula is C11H13ClN4O3S. The van der Waals surface area contributed by atoms with Gasteiger partial charge in [0.15, 0.2) is 0 Å². The summed E-state index contributed by atoms with van der Waals surface area (Å²) in [5, 5.41) is 3.85. The zero-order valence-corrected chi connectivity index (χ0v) is 12.0. The van der Waals surface area contributed by atoms with E-state index in [4.69, 9.17) is 11.6 Å². The maximum atomic E-state index is 11.9. The van der Waals surface area contributed by atoms with Crippen LogP contribution in [0.4, 0.5) is 0 Å². The molecule has 0 aliphatic rings. The molecule has 0 radical (unpaired) electrons. The van der Waals surface area contributed by atoms with Gasteiger partial charge < -0.3 is 4.98 Å². The minimum atomic E-state index is -3.67. The molecule has 2 aromatic heterocycles. The van der Waals surface area contributed by atoms with Crippen molar-refractivity contribution in [1.82, 2.24) is 19.5 Å². The van der Waals surface area contributed by atoms with E-state index < -0.39 is 15.6 Å². The van der Waals surface area contributed by atoms with Crippen LogP contribution in [0.15, 0.2) is 40.4 Å². The van der Waals surface area contributed by atoms with E-state index >= 15 is 0 Å². The Morgan fingerprint density at radius 2 is 2.25 bits per heavy atom. The number of aryl methyl sites for hydroxylation is 1. The van der Waals surface area contributed by atoms with Crippen molar-refractivity contribution in [2.75, 3.05) is 6.54 Å². The summed E-state index contributed by atoms with van der Waals surface area (Å²) in [6.45, 7) is 0.876. The fourth-order valence-electron chi connectivity index (χ4n) is 1.56. The summed E-state index contributed by atoms with van der Waals surface area (Å²) in [7, 11) is -3.67. The zero-order chi connectivity index (χ0) is 14.6. The van der Waals surface area contributed by atoms with E-state index in [0.717, 1.165) is 12.3 Å². The van der Waals surface area contributed by atoms with Crippen LogP contribution in [-0.4, -0.2) is 29.7 Å². The van der Waals surface area contributed by atoms with Crippen LogP contribution in [0, 0.1) is 0 Å². The Bertz CT molecular complexity index is 724. The highest BCUT2D eigenvalue weighted by atomic mass is 35.5. The van der Waals surface area contributed by atoms with Gasteiger partial charge in [-0.3, -0.25) is 9.48 Å². The first kappa shape index (κ1) is 14.8. The van der Waals surface area contributed by atoms with Crippen molar-refractivity contribution >= 4 is 21.6 Å². The van der Waals surface area contributed by atoms with Gasteiger partial charge in [0.05, 0.1) is 4.90 Å². The van der Waals surface area contributed by atoms with Gasteiger partial charge in [-0.2, -0.15) is 5.10 Å². The second kappa shape index (κ2) is 6.21. The monoisotopic (exact) mass is 316 g/mol. The largest absolute Gasteiger partial charge is 0.326 e. The molecule has 0 aliphatic carbocycles. The topological polar surface area (TPSA) is 96.9 Å². The molecule has 108 valence electrons. The van der Waals surface area contributed by atoms with E-state index in [0.29, 0.717) is 13.0 Å². The molecule has 9 heteroatoms. The molecule has 0 amide bonds. The molecule has 2 aromatic rings. The molecule has 20 heavy (non-hydrogen) atoms. The zero-order valence-electron chi connectivity index (χ0n) is 10.4. The van der Waals surface area contributed by atoms with E-state index in [1.165, 1.54) is 0 Å². The van der Waals surface area contributed by atoms with Gasteiger partial charge in [0.2, 0.25) is 10.0 Å². The second-order valence-corrected chi connectivity index (χ2v) is 6.21. The maximum Gasteiger partial charge on any atom is 0.266 e. The van der Waals surface area contributed by atoms with Crippen molar-refractivity contribution in [3.63, 3.8) is 0 Å². The number of nitrogens with one attached hydrogen (secondary N) is 2. The Morgan fingerprint density at radius 3 is 2.90 bits per heavy atom. The van der Waals surface area contributed by atoms with Gasteiger partial charge in [-0.05, 0) is 18.6 Å². The summed E-state index contributed by atoms with van der Waals surface area (Å²) in [6.07, 6.45) is 5.17. The Hall–Kier alpha value is -1.64. The number of hydrogen-bond donors (Lipinski definition) is 2. The van der Waals surface area contributed by atoms with Crippen LogP contribution >= 0.6 is 11.6 Å². The van der Waals surface area contributed by atoms with Crippen LogP contribution in [0.25, 0.3) is 0 Å². The molecular weight excluding hydrogens is 304 g/mol. The Labute approximate surface area is 120 Å². The summed E-state index contributed by atoms with van der Waals surface area (Å²) in [4.78, 5) is 13.3. The molecule has 0 atom stereocenters. The van der Waals surface area contributed by atoms with Crippen LogP contribution in [0.1, 0.15) is 6.42 Å². The number of pyridine rings is 1. The lowest BCUT2D eigenvalue weighted by Gasteiger charge is -2.07. The van der Waals surface area contributed by atoms with E-state index in [1.807, 2.05) is 0 Å². The van der Waals surface area contributed by atoms with Gasteiger partial charge in [-0.15, -0.1) is 0 Å². The average molecular weight is 317 g/mol. The minimum absolute atomic E-state index is 0.0683. The fraction of sp³-hybridized carbons (Fsp3) is 0.273. The number of nitrogens with zero attached hydrogens (tertiary/aromatic N) is 2. The molecule has 0 aliphatic heterocycles. The lowest BCUT2D eigenvalue weighted by Crippen LogP contribution is -2.26. The van der Waals surface area contributed by atoms with Crippen molar-refractivity contribution in [1.29, 1.82) is 0 Å². The average Bonchev–Trinajstić information content (AvgIpc) is 2.91. The van der Waals surface area contributed by atoms with Crippen molar-refractivity contribution in [3.05, 3.63) is 46.1 Å². The normalized spacial score (nSPS) is 11.7. The summed E-state index contributed by atoms with van der Waals surface area (Å²) in [5.74, 6) is 0. The number of H-pyrrole nitrogens is 1. The van der Waals surface area contributed by atoms with E-state index in [2.05, 4.69) is 14.8 Å². The van der Waals surface area contributed by atoms with Gasteiger partial charge in [0.25, 0.3) is 5.56 Å². The SMILES string of the molecule is O=c1[nH]cc(S(=O)(=O)NCCCn2cccn2)cc1Cl. The smallest absolute Gasteiger partial charge is 0.266 e. The molecule has 2 rings (SSSR count).